The van der Waals surface area contributed by atoms with Crippen LogP contribution in [-0.4, -0.2) is 31.2 Å². The topological polar surface area (TPSA) is 87.8 Å². The lowest BCUT2D eigenvalue weighted by atomic mass is 9.96. The van der Waals surface area contributed by atoms with Crippen LogP contribution in [0, 0.1) is 27.7 Å². The fraction of sp³-hybridized carbons (Fsp3) is 0.172. The highest BCUT2D eigenvalue weighted by atomic mass is 79.9. The molecule has 1 N–H and O–H groups in total. The van der Waals surface area contributed by atoms with E-state index in [1.165, 1.54) is 16.2 Å². The number of aliphatic hydroxyl groups excluding tert-OH is 1. The van der Waals surface area contributed by atoms with Gasteiger partial charge in [0.15, 0.2) is 10.9 Å². The number of hydrogen-bond donors (Lipinski definition) is 1. The van der Waals surface area contributed by atoms with Crippen LogP contribution in [0.1, 0.15) is 39.7 Å². The van der Waals surface area contributed by atoms with Gasteiger partial charge in [-0.25, -0.2) is 9.97 Å². The van der Waals surface area contributed by atoms with E-state index in [1.54, 1.807) is 0 Å². The minimum Gasteiger partial charge on any atom is -0.505 e. The van der Waals surface area contributed by atoms with Crippen LogP contribution in [0.2, 0.25) is 0 Å². The summed E-state index contributed by atoms with van der Waals surface area (Å²) in [5.74, 6) is -1.81. The van der Waals surface area contributed by atoms with Gasteiger partial charge in [-0.05, 0) is 74.2 Å². The van der Waals surface area contributed by atoms with Gasteiger partial charge in [-0.1, -0.05) is 51.5 Å². The van der Waals surface area contributed by atoms with E-state index in [4.69, 9.17) is 4.98 Å². The van der Waals surface area contributed by atoms with E-state index in [0.717, 1.165) is 31.4 Å². The maximum atomic E-state index is 13.6. The molecule has 1 aliphatic rings. The molecular formula is C29H23BrN4O3S. The van der Waals surface area contributed by atoms with Gasteiger partial charge >= 0.3 is 5.91 Å². The summed E-state index contributed by atoms with van der Waals surface area (Å²) in [5.41, 5.74) is 6.09. The van der Waals surface area contributed by atoms with Crippen molar-refractivity contribution in [3.63, 3.8) is 0 Å². The first-order valence-electron chi connectivity index (χ1n) is 12.0. The summed E-state index contributed by atoms with van der Waals surface area (Å²) in [6.45, 7) is 7.76. The zero-order valence-electron chi connectivity index (χ0n) is 21.1. The molecule has 38 heavy (non-hydrogen) atoms. The van der Waals surface area contributed by atoms with Crippen molar-refractivity contribution in [3.05, 3.63) is 98.4 Å². The minimum atomic E-state index is -0.875. The normalized spacial score (nSPS) is 17.3. The summed E-state index contributed by atoms with van der Waals surface area (Å²) < 4.78 is 3.59. The van der Waals surface area contributed by atoms with Crippen molar-refractivity contribution < 1.29 is 14.7 Å². The zero-order chi connectivity index (χ0) is 26.9. The Morgan fingerprint density at radius 3 is 2.53 bits per heavy atom. The SMILES string of the molecule is Cc1cc(C)c2nc(N3C(=O)C(=O)/C(=C(/O)c4nc5c(C)cccn5c4C)C3c3cccc(Br)c3)sc2c1. The number of fused-ring (bicyclic) bond motifs is 2. The molecular weight excluding hydrogens is 564 g/mol. The van der Waals surface area contributed by atoms with Gasteiger partial charge in [-0.2, -0.15) is 0 Å². The number of ketones is 1. The number of hydrogen-bond acceptors (Lipinski definition) is 6. The Morgan fingerprint density at radius 1 is 1.00 bits per heavy atom. The Kier molecular flexibility index (Phi) is 5.73. The van der Waals surface area contributed by atoms with E-state index in [0.29, 0.717) is 22.0 Å². The Hall–Kier alpha value is -3.82. The molecule has 3 aromatic heterocycles. The van der Waals surface area contributed by atoms with Gasteiger partial charge in [0.1, 0.15) is 11.3 Å². The summed E-state index contributed by atoms with van der Waals surface area (Å²) in [4.78, 5) is 38.1. The van der Waals surface area contributed by atoms with Crippen LogP contribution < -0.4 is 4.90 Å². The quantitative estimate of drug-likeness (QED) is 0.147. The fourth-order valence-corrected chi connectivity index (χ4v) is 6.74. The van der Waals surface area contributed by atoms with Crippen molar-refractivity contribution in [1.29, 1.82) is 0 Å². The van der Waals surface area contributed by atoms with Crippen molar-refractivity contribution in [1.82, 2.24) is 14.4 Å². The second-order valence-electron chi connectivity index (χ2n) is 9.58. The number of amides is 1. The fourth-order valence-electron chi connectivity index (χ4n) is 5.16. The Bertz CT molecular complexity index is 1850. The van der Waals surface area contributed by atoms with Crippen LogP contribution in [0.25, 0.3) is 21.6 Å². The number of nitrogens with zero attached hydrogens (tertiary/aromatic N) is 4. The van der Waals surface area contributed by atoms with Crippen LogP contribution >= 0.6 is 27.3 Å². The van der Waals surface area contributed by atoms with Gasteiger partial charge in [0.2, 0.25) is 0 Å². The number of carbonyl (C=O) groups is 2. The average Bonchev–Trinajstić information content (AvgIpc) is 3.52. The molecule has 1 saturated heterocycles. The lowest BCUT2D eigenvalue weighted by Gasteiger charge is -2.23. The first-order chi connectivity index (χ1) is 18.2. The zero-order valence-corrected chi connectivity index (χ0v) is 23.5. The molecule has 0 bridgehead atoms. The third-order valence-electron chi connectivity index (χ3n) is 6.94. The highest BCUT2D eigenvalue weighted by molar-refractivity contribution is 9.10. The van der Waals surface area contributed by atoms with E-state index in [1.807, 2.05) is 86.8 Å². The van der Waals surface area contributed by atoms with Crippen molar-refractivity contribution >= 4 is 65.7 Å². The van der Waals surface area contributed by atoms with Crippen LogP contribution in [-0.2, 0) is 9.59 Å². The molecule has 1 atom stereocenters. The number of Topliss-reactive ketones (excluding diaryl/α,β-unsaturated/α-hetero) is 1. The highest BCUT2D eigenvalue weighted by Crippen LogP contribution is 2.45. The molecule has 0 radical (unpaired) electrons. The van der Waals surface area contributed by atoms with E-state index in [-0.39, 0.29) is 17.0 Å². The molecule has 0 aliphatic carbocycles. The number of aryl methyl sites for hydroxylation is 4. The number of halogens is 1. The number of thiazole rings is 1. The monoisotopic (exact) mass is 586 g/mol. The summed E-state index contributed by atoms with van der Waals surface area (Å²) in [7, 11) is 0. The van der Waals surface area contributed by atoms with E-state index in [2.05, 4.69) is 20.9 Å². The third-order valence-corrected chi connectivity index (χ3v) is 8.44. The maximum absolute atomic E-state index is 13.6. The van der Waals surface area contributed by atoms with Crippen LogP contribution in [0.15, 0.2) is 64.8 Å². The molecule has 7 nitrogen and oxygen atoms in total. The van der Waals surface area contributed by atoms with E-state index < -0.39 is 17.7 Å². The Balaban J connectivity index is 1.61. The number of aliphatic hydroxyl groups is 1. The summed E-state index contributed by atoms with van der Waals surface area (Å²) in [6, 6.07) is 14.4. The standard InChI is InChI=1S/C29H23BrN4O3S/c1-14-11-16(3)22-20(12-14)38-29(32-22)34-24(18-8-5-9-19(30)13-18)21(26(36)28(34)37)25(35)23-17(4)33-10-6-7-15(2)27(33)31-23/h5-13,24,35H,1-4H3/b25-21+. The van der Waals surface area contributed by atoms with Gasteiger partial charge in [0, 0.05) is 10.7 Å². The highest BCUT2D eigenvalue weighted by Gasteiger charge is 2.48. The van der Waals surface area contributed by atoms with E-state index >= 15 is 0 Å². The van der Waals surface area contributed by atoms with Crippen molar-refractivity contribution in [2.75, 3.05) is 4.90 Å². The van der Waals surface area contributed by atoms with E-state index in [9.17, 15) is 14.7 Å². The Labute approximate surface area is 231 Å². The van der Waals surface area contributed by atoms with Crippen molar-refractivity contribution in [3.8, 4) is 0 Å². The molecule has 5 aromatic rings. The lowest BCUT2D eigenvalue weighted by molar-refractivity contribution is -0.132. The Morgan fingerprint density at radius 2 is 1.79 bits per heavy atom. The first-order valence-corrected chi connectivity index (χ1v) is 13.7. The minimum absolute atomic E-state index is 0.00980. The lowest BCUT2D eigenvalue weighted by Crippen LogP contribution is -2.29. The summed E-state index contributed by atoms with van der Waals surface area (Å²) in [5, 5.41) is 12.0. The van der Waals surface area contributed by atoms with Crippen LogP contribution in [0.5, 0.6) is 0 Å². The predicted molar refractivity (Wildman–Crippen MR) is 153 cm³/mol. The molecule has 2 aromatic carbocycles. The van der Waals surface area contributed by atoms with Crippen molar-refractivity contribution in [2.45, 2.75) is 33.7 Å². The first kappa shape index (κ1) is 24.5. The second kappa shape index (κ2) is 8.89. The molecule has 4 heterocycles. The average molecular weight is 587 g/mol. The molecule has 0 spiro atoms. The number of benzene rings is 2. The van der Waals surface area contributed by atoms with Crippen LogP contribution in [0.3, 0.4) is 0 Å². The predicted octanol–water partition coefficient (Wildman–Crippen LogP) is 6.57. The van der Waals surface area contributed by atoms with Gasteiger partial charge in [0.05, 0.1) is 27.5 Å². The smallest absolute Gasteiger partial charge is 0.301 e. The van der Waals surface area contributed by atoms with Crippen LogP contribution in [0.4, 0.5) is 5.13 Å². The number of pyridine rings is 1. The molecule has 9 heteroatoms. The molecule has 1 unspecified atom stereocenters. The van der Waals surface area contributed by atoms with Gasteiger partial charge in [0.25, 0.3) is 5.78 Å². The number of aromatic nitrogens is 3. The third kappa shape index (κ3) is 3.68. The molecule has 6 rings (SSSR count). The number of rotatable bonds is 3. The molecule has 190 valence electrons. The number of imidazole rings is 1. The molecule has 1 amide bonds. The molecule has 0 saturated carbocycles. The molecule has 1 aliphatic heterocycles. The van der Waals surface area contributed by atoms with Crippen molar-refractivity contribution in [2.24, 2.45) is 0 Å². The second-order valence-corrected chi connectivity index (χ2v) is 11.5. The number of carbonyl (C=O) groups excluding carboxylic acids is 2. The number of anilines is 1. The summed E-state index contributed by atoms with van der Waals surface area (Å²) in [6.07, 6.45) is 1.86. The van der Waals surface area contributed by atoms with Gasteiger partial charge in [-0.3, -0.25) is 14.5 Å². The summed E-state index contributed by atoms with van der Waals surface area (Å²) >= 11 is 4.87. The largest absolute Gasteiger partial charge is 0.505 e. The van der Waals surface area contributed by atoms with Gasteiger partial charge in [-0.15, -0.1) is 0 Å². The molecule has 1 fully saturated rings. The van der Waals surface area contributed by atoms with Gasteiger partial charge < -0.3 is 9.51 Å². The maximum Gasteiger partial charge on any atom is 0.301 e.